The summed E-state index contributed by atoms with van der Waals surface area (Å²) in [5, 5.41) is 6.75. The fourth-order valence-corrected chi connectivity index (χ4v) is 5.29. The Hall–Kier alpha value is -1.48. The van der Waals surface area contributed by atoms with Crippen LogP contribution in [-0.4, -0.2) is 9.97 Å². The molecule has 0 amide bonds. The molecule has 1 heterocycles. The fourth-order valence-electron chi connectivity index (χ4n) is 2.70. The second-order valence-corrected chi connectivity index (χ2v) is 9.64. The number of nitrogens with zero attached hydrogens (tertiary/aromatic N) is 2. The van der Waals surface area contributed by atoms with Gasteiger partial charge in [-0.2, -0.15) is 0 Å². The molecule has 0 unspecified atom stereocenters. The van der Waals surface area contributed by atoms with Crippen LogP contribution in [0.3, 0.4) is 0 Å². The van der Waals surface area contributed by atoms with Crippen LogP contribution in [-0.2, 0) is 0 Å². The van der Waals surface area contributed by atoms with Crippen molar-refractivity contribution in [2.45, 2.75) is 0 Å². The smallest absolute Gasteiger partial charge is 0.174 e. The largest absolute Gasteiger partial charge is 0.337 e. The predicted octanol–water partition coefficient (Wildman–Crippen LogP) is 8.17. The van der Waals surface area contributed by atoms with E-state index < -0.39 is 0 Å². The first-order valence-corrected chi connectivity index (χ1v) is 11.4. The molecule has 2 N–H and O–H groups in total. The molecular weight excluding hydrogens is 616 g/mol. The molecule has 1 aromatic heterocycles. The maximum Gasteiger partial charge on any atom is 0.174 e. The van der Waals surface area contributed by atoms with E-state index in [0.29, 0.717) is 11.6 Å². The zero-order valence-corrected chi connectivity index (χ0v) is 20.5. The summed E-state index contributed by atoms with van der Waals surface area (Å²) in [7, 11) is 0. The number of anilines is 4. The minimum atomic E-state index is 0.639. The minimum Gasteiger partial charge on any atom is -0.337 e. The number of fused-ring (bicyclic) bond motifs is 1. The highest BCUT2D eigenvalue weighted by Gasteiger charge is 2.11. The SMILES string of the molecule is Brc1cc(Br)cc(Nc2nc3ccccc3nc2Nc2cc(Br)cc(Br)c2)c1. The molecule has 0 radical (unpaired) electrons. The summed E-state index contributed by atoms with van der Waals surface area (Å²) in [5.74, 6) is 1.28. The van der Waals surface area contributed by atoms with Gasteiger partial charge in [-0.15, -0.1) is 0 Å². The van der Waals surface area contributed by atoms with Crippen molar-refractivity contribution in [3.8, 4) is 0 Å². The summed E-state index contributed by atoms with van der Waals surface area (Å²) in [6.07, 6.45) is 0. The first kappa shape index (κ1) is 19.8. The van der Waals surface area contributed by atoms with Crippen LogP contribution >= 0.6 is 63.7 Å². The van der Waals surface area contributed by atoms with E-state index in [0.717, 1.165) is 40.3 Å². The van der Waals surface area contributed by atoms with Crippen molar-refractivity contribution in [1.82, 2.24) is 9.97 Å². The highest BCUT2D eigenvalue weighted by molar-refractivity contribution is 9.11. The number of benzene rings is 3. The van der Waals surface area contributed by atoms with E-state index in [1.807, 2.05) is 60.7 Å². The average Bonchev–Trinajstić information content (AvgIpc) is 2.60. The van der Waals surface area contributed by atoms with Crippen molar-refractivity contribution in [3.05, 3.63) is 78.6 Å². The molecular formula is C20H12Br4N4. The Kier molecular flexibility index (Phi) is 6.01. The number of rotatable bonds is 4. The second-order valence-electron chi connectivity index (χ2n) is 5.98. The van der Waals surface area contributed by atoms with Gasteiger partial charge in [0, 0.05) is 29.3 Å². The standard InChI is InChI=1S/C20H12Br4N4/c21-11-5-12(22)8-15(7-11)25-19-20(26-16-9-13(23)6-14(24)10-16)28-18-4-2-1-3-17(18)27-19/h1-10H,(H,25,27)(H,26,28). The van der Waals surface area contributed by atoms with Gasteiger partial charge in [0.15, 0.2) is 11.6 Å². The lowest BCUT2D eigenvalue weighted by molar-refractivity contribution is 1.27. The monoisotopic (exact) mass is 624 g/mol. The van der Waals surface area contributed by atoms with Crippen molar-refractivity contribution < 1.29 is 0 Å². The van der Waals surface area contributed by atoms with Crippen LogP contribution in [0.25, 0.3) is 11.0 Å². The topological polar surface area (TPSA) is 49.8 Å². The molecule has 0 fully saturated rings. The molecule has 4 aromatic rings. The minimum absolute atomic E-state index is 0.639. The maximum absolute atomic E-state index is 4.78. The number of nitrogens with one attached hydrogen (secondary N) is 2. The van der Waals surface area contributed by atoms with Gasteiger partial charge in [-0.05, 0) is 48.5 Å². The molecule has 140 valence electrons. The van der Waals surface area contributed by atoms with E-state index >= 15 is 0 Å². The summed E-state index contributed by atoms with van der Waals surface area (Å²) in [4.78, 5) is 9.56. The van der Waals surface area contributed by atoms with Crippen molar-refractivity contribution in [2.24, 2.45) is 0 Å². The summed E-state index contributed by atoms with van der Waals surface area (Å²) in [6, 6.07) is 19.7. The van der Waals surface area contributed by atoms with Crippen LogP contribution in [0.1, 0.15) is 0 Å². The number of halogens is 4. The fraction of sp³-hybridized carbons (Fsp3) is 0. The van der Waals surface area contributed by atoms with Gasteiger partial charge in [0.05, 0.1) is 11.0 Å². The lowest BCUT2D eigenvalue weighted by atomic mass is 10.3. The Balaban J connectivity index is 1.79. The Labute approximate surface area is 195 Å². The van der Waals surface area contributed by atoms with Gasteiger partial charge in [-0.3, -0.25) is 0 Å². The molecule has 0 aliphatic carbocycles. The molecule has 4 rings (SSSR count). The zero-order valence-electron chi connectivity index (χ0n) is 14.2. The molecule has 3 aromatic carbocycles. The zero-order chi connectivity index (χ0) is 19.7. The van der Waals surface area contributed by atoms with E-state index in [9.17, 15) is 0 Å². The molecule has 8 heteroatoms. The average molecular weight is 628 g/mol. The highest BCUT2D eigenvalue weighted by atomic mass is 79.9. The molecule has 0 spiro atoms. The number of hydrogen-bond donors (Lipinski definition) is 2. The van der Waals surface area contributed by atoms with Gasteiger partial charge in [0.2, 0.25) is 0 Å². The molecule has 28 heavy (non-hydrogen) atoms. The molecule has 0 atom stereocenters. The van der Waals surface area contributed by atoms with Crippen molar-refractivity contribution >= 4 is 97.8 Å². The summed E-state index contributed by atoms with van der Waals surface area (Å²) >= 11 is 14.1. The van der Waals surface area contributed by atoms with Crippen molar-refractivity contribution in [3.63, 3.8) is 0 Å². The Morgan fingerprint density at radius 2 is 0.893 bits per heavy atom. The van der Waals surface area contributed by atoms with Crippen molar-refractivity contribution in [2.75, 3.05) is 10.6 Å². The Morgan fingerprint density at radius 3 is 1.25 bits per heavy atom. The van der Waals surface area contributed by atoms with Crippen LogP contribution in [0, 0.1) is 0 Å². The van der Waals surface area contributed by atoms with Gasteiger partial charge in [-0.1, -0.05) is 75.9 Å². The Bertz CT molecular complexity index is 1050. The third kappa shape index (κ3) is 4.74. The van der Waals surface area contributed by atoms with Crippen molar-refractivity contribution in [1.29, 1.82) is 0 Å². The highest BCUT2D eigenvalue weighted by Crippen LogP contribution is 2.32. The summed E-state index contributed by atoms with van der Waals surface area (Å²) in [5.41, 5.74) is 3.42. The van der Waals surface area contributed by atoms with Crippen LogP contribution in [0.4, 0.5) is 23.0 Å². The molecule has 0 bridgehead atoms. The van der Waals surface area contributed by atoms with Crippen LogP contribution in [0.15, 0.2) is 78.6 Å². The van der Waals surface area contributed by atoms with Crippen LogP contribution in [0.2, 0.25) is 0 Å². The molecule has 0 aliphatic rings. The number of hydrogen-bond acceptors (Lipinski definition) is 4. The van der Waals surface area contributed by atoms with Crippen LogP contribution in [0.5, 0.6) is 0 Å². The van der Waals surface area contributed by atoms with E-state index in [1.54, 1.807) is 0 Å². The molecule has 0 aliphatic heterocycles. The van der Waals surface area contributed by atoms with E-state index in [4.69, 9.17) is 9.97 Å². The quantitative estimate of drug-likeness (QED) is 0.240. The first-order chi connectivity index (χ1) is 13.5. The normalized spacial score (nSPS) is 10.9. The third-order valence-corrected chi connectivity index (χ3v) is 5.65. The lowest BCUT2D eigenvalue weighted by Crippen LogP contribution is -2.03. The van der Waals surface area contributed by atoms with Gasteiger partial charge in [0.1, 0.15) is 0 Å². The molecule has 0 saturated carbocycles. The van der Waals surface area contributed by atoms with E-state index in [1.165, 1.54) is 0 Å². The predicted molar refractivity (Wildman–Crippen MR) is 130 cm³/mol. The van der Waals surface area contributed by atoms with E-state index in [2.05, 4.69) is 74.4 Å². The maximum atomic E-state index is 4.78. The molecule has 0 saturated heterocycles. The third-order valence-electron chi connectivity index (χ3n) is 3.82. The first-order valence-electron chi connectivity index (χ1n) is 8.19. The number of aromatic nitrogens is 2. The lowest BCUT2D eigenvalue weighted by Gasteiger charge is -2.14. The summed E-state index contributed by atoms with van der Waals surface area (Å²) < 4.78 is 3.85. The van der Waals surface area contributed by atoms with Gasteiger partial charge < -0.3 is 10.6 Å². The number of para-hydroxylation sites is 2. The summed E-state index contributed by atoms with van der Waals surface area (Å²) in [6.45, 7) is 0. The van der Waals surface area contributed by atoms with E-state index in [-0.39, 0.29) is 0 Å². The Morgan fingerprint density at radius 1 is 0.536 bits per heavy atom. The van der Waals surface area contributed by atoms with Gasteiger partial charge in [-0.25, -0.2) is 9.97 Å². The molecule has 4 nitrogen and oxygen atoms in total. The van der Waals surface area contributed by atoms with Gasteiger partial charge >= 0.3 is 0 Å². The van der Waals surface area contributed by atoms with Gasteiger partial charge in [0.25, 0.3) is 0 Å². The second kappa shape index (κ2) is 8.49. The van der Waals surface area contributed by atoms with Crippen LogP contribution < -0.4 is 10.6 Å².